The number of allylic oxidation sites excluding steroid dienone is 1. The molecule has 2 heteroatoms. The molecule has 2 radical (unpaired) electrons. The van der Waals surface area contributed by atoms with Crippen molar-refractivity contribution in [1.29, 1.82) is 0 Å². The molecule has 0 bridgehead atoms. The first-order valence-electron chi connectivity index (χ1n) is 3.43. The van der Waals surface area contributed by atoms with Crippen molar-refractivity contribution >= 4 is 7.98 Å². The molecular weight excluding hydrogens is 109 g/mol. The van der Waals surface area contributed by atoms with Gasteiger partial charge in [-0.3, -0.25) is 0 Å². The lowest BCUT2D eigenvalue weighted by molar-refractivity contribution is 0.368. The molecule has 0 aromatic heterocycles. The van der Waals surface area contributed by atoms with Crippen molar-refractivity contribution in [2.24, 2.45) is 5.92 Å². The van der Waals surface area contributed by atoms with E-state index in [9.17, 15) is 0 Å². The van der Waals surface area contributed by atoms with Gasteiger partial charge in [0.1, 0.15) is 0 Å². The van der Waals surface area contributed by atoms with E-state index in [-0.39, 0.29) is 0 Å². The minimum absolute atomic E-state index is 0.587. The summed E-state index contributed by atoms with van der Waals surface area (Å²) in [6, 6.07) is 0. The van der Waals surface area contributed by atoms with Gasteiger partial charge >= 0.3 is 0 Å². The molecule has 1 fully saturated rings. The summed E-state index contributed by atoms with van der Waals surface area (Å²) < 4.78 is 0. The van der Waals surface area contributed by atoms with E-state index in [4.69, 9.17) is 7.98 Å². The zero-order chi connectivity index (χ0) is 6.85. The monoisotopic (exact) mass is 121 g/mol. The molecule has 0 saturated carbocycles. The van der Waals surface area contributed by atoms with Gasteiger partial charge < -0.3 is 4.81 Å². The van der Waals surface area contributed by atoms with Crippen molar-refractivity contribution in [1.82, 2.24) is 4.81 Å². The number of piperidine rings is 1. The first kappa shape index (κ1) is 6.72. The summed E-state index contributed by atoms with van der Waals surface area (Å²) in [5.41, 5.74) is 1.08. The van der Waals surface area contributed by atoms with Crippen LogP contribution in [0.5, 0.6) is 0 Å². The van der Waals surface area contributed by atoms with Crippen LogP contribution in [-0.4, -0.2) is 19.3 Å². The number of hydrogen-bond donors (Lipinski definition) is 0. The van der Waals surface area contributed by atoms with Crippen molar-refractivity contribution in [3.05, 3.63) is 12.3 Å². The van der Waals surface area contributed by atoms with Gasteiger partial charge in [0, 0.05) is 6.54 Å². The van der Waals surface area contributed by atoms with Crippen molar-refractivity contribution < 1.29 is 0 Å². The summed E-state index contributed by atoms with van der Waals surface area (Å²) in [7, 11) is 5.60. The molecule has 1 unspecified atom stereocenters. The summed E-state index contributed by atoms with van der Waals surface area (Å²) in [4.78, 5) is 1.76. The first-order chi connectivity index (χ1) is 4.22. The highest BCUT2D eigenvalue weighted by molar-refractivity contribution is 6.05. The average Bonchev–Trinajstić information content (AvgIpc) is 1.83. The Labute approximate surface area is 58.2 Å². The molecule has 0 aliphatic carbocycles. The third-order valence-corrected chi connectivity index (χ3v) is 1.97. The van der Waals surface area contributed by atoms with Gasteiger partial charge in [0.05, 0.1) is 0 Å². The summed E-state index contributed by atoms with van der Waals surface area (Å²) in [6.45, 7) is 7.02. The van der Waals surface area contributed by atoms with Crippen molar-refractivity contribution in [3.63, 3.8) is 0 Å². The highest BCUT2D eigenvalue weighted by Gasteiger charge is 2.14. The van der Waals surface area contributed by atoms with E-state index in [1.807, 2.05) is 0 Å². The second-order valence-corrected chi connectivity index (χ2v) is 2.73. The molecule has 0 spiro atoms. The van der Waals surface area contributed by atoms with Gasteiger partial charge in [-0.1, -0.05) is 13.5 Å². The molecule has 48 valence electrons. The van der Waals surface area contributed by atoms with Gasteiger partial charge in [-0.15, -0.1) is 0 Å². The van der Waals surface area contributed by atoms with Crippen molar-refractivity contribution in [2.75, 3.05) is 6.54 Å². The Morgan fingerprint density at radius 1 is 1.78 bits per heavy atom. The van der Waals surface area contributed by atoms with Gasteiger partial charge in [0.25, 0.3) is 0 Å². The Kier molecular flexibility index (Phi) is 1.84. The lowest BCUT2D eigenvalue weighted by Crippen LogP contribution is -2.28. The molecule has 0 N–H and O–H groups in total. The molecule has 1 nitrogen and oxygen atoms in total. The normalized spacial score (nSPS) is 28.8. The predicted octanol–water partition coefficient (Wildman–Crippen LogP) is 1.32. The molecule has 9 heavy (non-hydrogen) atoms. The maximum Gasteiger partial charge on any atom is 0.226 e. The lowest BCUT2D eigenvalue weighted by atomic mass is 9.94. The van der Waals surface area contributed by atoms with E-state index in [1.54, 1.807) is 4.81 Å². The van der Waals surface area contributed by atoms with Crippen molar-refractivity contribution in [3.8, 4) is 0 Å². The maximum atomic E-state index is 5.60. The quantitative estimate of drug-likeness (QED) is 0.437. The van der Waals surface area contributed by atoms with Gasteiger partial charge in [0.2, 0.25) is 7.98 Å². The van der Waals surface area contributed by atoms with Crippen LogP contribution in [0.2, 0.25) is 0 Å². The molecule has 0 aromatic carbocycles. The fourth-order valence-corrected chi connectivity index (χ4v) is 1.16. The minimum Gasteiger partial charge on any atom is -0.428 e. The molecule has 1 saturated heterocycles. The minimum atomic E-state index is 0.587. The van der Waals surface area contributed by atoms with Gasteiger partial charge in [0.15, 0.2) is 0 Å². The average molecular weight is 121 g/mol. The van der Waals surface area contributed by atoms with E-state index >= 15 is 0 Å². The summed E-state index contributed by atoms with van der Waals surface area (Å²) in [6.07, 6.45) is 2.45. The van der Waals surface area contributed by atoms with E-state index in [0.717, 1.165) is 12.2 Å². The van der Waals surface area contributed by atoms with E-state index in [1.165, 1.54) is 12.8 Å². The summed E-state index contributed by atoms with van der Waals surface area (Å²) in [5.74, 6) is 0.587. The Bertz CT molecular complexity index is 110. The Hall–Kier alpha value is -0.395. The first-order valence-corrected chi connectivity index (χ1v) is 3.43. The lowest BCUT2D eigenvalue weighted by Gasteiger charge is -2.32. The SMILES string of the molecule is [B]N1CCCC(C)C1=C. The molecule has 1 aliphatic heterocycles. The van der Waals surface area contributed by atoms with E-state index < -0.39 is 0 Å². The van der Waals surface area contributed by atoms with Crippen LogP contribution >= 0.6 is 0 Å². The van der Waals surface area contributed by atoms with E-state index in [0.29, 0.717) is 5.92 Å². The third-order valence-electron chi connectivity index (χ3n) is 1.97. The Morgan fingerprint density at radius 3 is 2.89 bits per heavy atom. The van der Waals surface area contributed by atoms with Crippen LogP contribution in [-0.2, 0) is 0 Å². The van der Waals surface area contributed by atoms with Crippen LogP contribution in [0, 0.1) is 5.92 Å². The van der Waals surface area contributed by atoms with Crippen LogP contribution in [0.3, 0.4) is 0 Å². The zero-order valence-electron chi connectivity index (χ0n) is 5.93. The highest BCUT2D eigenvalue weighted by atomic mass is 15.0. The van der Waals surface area contributed by atoms with E-state index in [2.05, 4.69) is 13.5 Å². The van der Waals surface area contributed by atoms with Crippen LogP contribution < -0.4 is 0 Å². The van der Waals surface area contributed by atoms with Crippen molar-refractivity contribution in [2.45, 2.75) is 19.8 Å². The standard InChI is InChI=1S/C7H12BN/c1-6-4-3-5-9(8)7(6)2/h6H,2-5H2,1H3. The predicted molar refractivity (Wildman–Crippen MR) is 40.0 cm³/mol. The molecule has 1 aliphatic rings. The van der Waals surface area contributed by atoms with Gasteiger partial charge in [-0.25, -0.2) is 0 Å². The van der Waals surface area contributed by atoms with Gasteiger partial charge in [-0.2, -0.15) is 0 Å². The van der Waals surface area contributed by atoms with Gasteiger partial charge in [-0.05, 0) is 24.5 Å². The molecule has 1 rings (SSSR count). The zero-order valence-corrected chi connectivity index (χ0v) is 5.93. The molecule has 0 amide bonds. The number of hydrogen-bond acceptors (Lipinski definition) is 1. The highest BCUT2D eigenvalue weighted by Crippen LogP contribution is 2.22. The molecule has 1 heterocycles. The smallest absolute Gasteiger partial charge is 0.226 e. The van der Waals surface area contributed by atoms with Crippen LogP contribution in [0.1, 0.15) is 19.8 Å². The topological polar surface area (TPSA) is 3.24 Å². The fourth-order valence-electron chi connectivity index (χ4n) is 1.16. The summed E-state index contributed by atoms with van der Waals surface area (Å²) in [5, 5.41) is 0. The largest absolute Gasteiger partial charge is 0.428 e. The number of rotatable bonds is 0. The molecular formula is C7H12BN. The molecule has 1 atom stereocenters. The van der Waals surface area contributed by atoms with Crippen LogP contribution in [0.15, 0.2) is 12.3 Å². The van der Waals surface area contributed by atoms with Crippen LogP contribution in [0.4, 0.5) is 0 Å². The fraction of sp³-hybridized carbons (Fsp3) is 0.714. The molecule has 0 aromatic rings. The third kappa shape index (κ3) is 1.29. The number of nitrogens with zero attached hydrogens (tertiary/aromatic N) is 1. The Morgan fingerprint density at radius 2 is 2.44 bits per heavy atom. The Balaban J connectivity index is 2.52. The van der Waals surface area contributed by atoms with Crippen LogP contribution in [0.25, 0.3) is 0 Å². The summed E-state index contributed by atoms with van der Waals surface area (Å²) >= 11 is 0. The second-order valence-electron chi connectivity index (χ2n) is 2.73. The maximum absolute atomic E-state index is 5.60. The second kappa shape index (κ2) is 2.46.